The van der Waals surface area contributed by atoms with Gasteiger partial charge in [-0.3, -0.25) is 0 Å². The van der Waals surface area contributed by atoms with Crippen LogP contribution in [0.2, 0.25) is 0 Å². The highest BCUT2D eigenvalue weighted by atomic mass is 16.3. The Balaban J connectivity index is 2.12. The second kappa shape index (κ2) is 5.85. The van der Waals surface area contributed by atoms with Crippen LogP contribution in [0.3, 0.4) is 0 Å². The van der Waals surface area contributed by atoms with E-state index in [9.17, 15) is 5.11 Å². The molecule has 104 valence electrons. The third-order valence-electron chi connectivity index (χ3n) is 3.39. The van der Waals surface area contributed by atoms with E-state index in [-0.39, 0.29) is 0 Å². The molecule has 0 saturated carbocycles. The lowest BCUT2D eigenvalue weighted by Crippen LogP contribution is -2.01. The number of hydrogen-bond donors (Lipinski definition) is 1. The molecule has 0 aliphatic rings. The SMILES string of the molecule is CC(O)c1cc(-c2ccccc2)nnc1-c1ccccc1. The number of hydrogen-bond acceptors (Lipinski definition) is 3. The highest BCUT2D eigenvalue weighted by molar-refractivity contribution is 5.67. The molecule has 0 fully saturated rings. The molecular formula is C18H16N2O. The third-order valence-corrected chi connectivity index (χ3v) is 3.39. The fraction of sp³-hybridized carbons (Fsp3) is 0.111. The van der Waals surface area contributed by atoms with Crippen molar-refractivity contribution < 1.29 is 5.11 Å². The lowest BCUT2D eigenvalue weighted by Gasteiger charge is -2.12. The van der Waals surface area contributed by atoms with Gasteiger partial charge in [0.2, 0.25) is 0 Å². The summed E-state index contributed by atoms with van der Waals surface area (Å²) >= 11 is 0. The maximum Gasteiger partial charge on any atom is 0.0987 e. The van der Waals surface area contributed by atoms with Crippen LogP contribution in [0.5, 0.6) is 0 Å². The van der Waals surface area contributed by atoms with E-state index in [1.54, 1.807) is 6.92 Å². The Morgan fingerprint density at radius 2 is 1.38 bits per heavy atom. The molecule has 0 amide bonds. The third kappa shape index (κ3) is 2.83. The van der Waals surface area contributed by atoms with Gasteiger partial charge in [0.15, 0.2) is 0 Å². The Morgan fingerprint density at radius 1 is 0.810 bits per heavy atom. The van der Waals surface area contributed by atoms with E-state index in [1.165, 1.54) is 0 Å². The van der Waals surface area contributed by atoms with Crippen LogP contribution in [-0.4, -0.2) is 15.3 Å². The summed E-state index contributed by atoms with van der Waals surface area (Å²) in [6.45, 7) is 1.75. The van der Waals surface area contributed by atoms with Crippen LogP contribution >= 0.6 is 0 Å². The first kappa shape index (κ1) is 13.5. The molecule has 0 spiro atoms. The van der Waals surface area contributed by atoms with E-state index < -0.39 is 6.10 Å². The van der Waals surface area contributed by atoms with Crippen LogP contribution < -0.4 is 0 Å². The van der Waals surface area contributed by atoms with Gasteiger partial charge in [-0.05, 0) is 13.0 Å². The van der Waals surface area contributed by atoms with Crippen molar-refractivity contribution >= 4 is 0 Å². The van der Waals surface area contributed by atoms with Crippen molar-refractivity contribution in [1.82, 2.24) is 10.2 Å². The molecule has 1 heterocycles. The summed E-state index contributed by atoms with van der Waals surface area (Å²) in [7, 11) is 0. The van der Waals surface area contributed by atoms with Crippen LogP contribution in [0.25, 0.3) is 22.5 Å². The molecule has 3 heteroatoms. The fourth-order valence-corrected chi connectivity index (χ4v) is 2.29. The number of rotatable bonds is 3. The molecule has 3 aromatic rings. The summed E-state index contributed by atoms with van der Waals surface area (Å²) in [5.74, 6) is 0. The summed E-state index contributed by atoms with van der Waals surface area (Å²) in [6, 6.07) is 21.6. The molecule has 1 N–H and O–H groups in total. The van der Waals surface area contributed by atoms with Crippen molar-refractivity contribution in [1.29, 1.82) is 0 Å². The van der Waals surface area contributed by atoms with Crippen LogP contribution in [-0.2, 0) is 0 Å². The first-order valence-electron chi connectivity index (χ1n) is 6.92. The zero-order chi connectivity index (χ0) is 14.7. The predicted molar refractivity (Wildman–Crippen MR) is 83.5 cm³/mol. The molecular weight excluding hydrogens is 260 g/mol. The van der Waals surface area contributed by atoms with Crippen molar-refractivity contribution in [2.24, 2.45) is 0 Å². The average molecular weight is 276 g/mol. The molecule has 0 saturated heterocycles. The zero-order valence-corrected chi connectivity index (χ0v) is 11.8. The Bertz CT molecular complexity index is 725. The van der Waals surface area contributed by atoms with Gasteiger partial charge in [0, 0.05) is 16.7 Å². The summed E-state index contributed by atoms with van der Waals surface area (Å²) in [5, 5.41) is 18.7. The summed E-state index contributed by atoms with van der Waals surface area (Å²) in [6.07, 6.45) is -0.599. The van der Waals surface area contributed by atoms with Crippen molar-refractivity contribution in [2.75, 3.05) is 0 Å². The highest BCUT2D eigenvalue weighted by Crippen LogP contribution is 2.28. The molecule has 3 rings (SSSR count). The highest BCUT2D eigenvalue weighted by Gasteiger charge is 2.14. The molecule has 2 aromatic carbocycles. The van der Waals surface area contributed by atoms with E-state index in [1.807, 2.05) is 66.7 Å². The number of nitrogens with zero attached hydrogens (tertiary/aromatic N) is 2. The second-order valence-corrected chi connectivity index (χ2v) is 4.94. The van der Waals surface area contributed by atoms with Gasteiger partial charge in [0.05, 0.1) is 17.5 Å². The summed E-state index contributed by atoms with van der Waals surface area (Å²) < 4.78 is 0. The quantitative estimate of drug-likeness (QED) is 0.790. The number of aliphatic hydroxyl groups is 1. The van der Waals surface area contributed by atoms with E-state index >= 15 is 0 Å². The monoisotopic (exact) mass is 276 g/mol. The molecule has 1 unspecified atom stereocenters. The first-order valence-corrected chi connectivity index (χ1v) is 6.92. The topological polar surface area (TPSA) is 46.0 Å². The minimum atomic E-state index is -0.599. The van der Waals surface area contributed by atoms with Gasteiger partial charge in [0.25, 0.3) is 0 Å². The lowest BCUT2D eigenvalue weighted by atomic mass is 10.0. The molecule has 21 heavy (non-hydrogen) atoms. The maximum atomic E-state index is 10.1. The smallest absolute Gasteiger partial charge is 0.0987 e. The predicted octanol–water partition coefficient (Wildman–Crippen LogP) is 3.86. The van der Waals surface area contributed by atoms with Crippen LogP contribution in [0, 0.1) is 0 Å². The second-order valence-electron chi connectivity index (χ2n) is 4.94. The minimum absolute atomic E-state index is 0.599. The number of aliphatic hydroxyl groups excluding tert-OH is 1. The van der Waals surface area contributed by atoms with Gasteiger partial charge < -0.3 is 5.11 Å². The van der Waals surface area contributed by atoms with Crippen molar-refractivity contribution in [2.45, 2.75) is 13.0 Å². The largest absolute Gasteiger partial charge is 0.389 e. The van der Waals surface area contributed by atoms with Gasteiger partial charge in [-0.15, -0.1) is 10.2 Å². The number of benzene rings is 2. The van der Waals surface area contributed by atoms with E-state index in [0.29, 0.717) is 0 Å². The van der Waals surface area contributed by atoms with E-state index in [4.69, 9.17) is 0 Å². The van der Waals surface area contributed by atoms with Gasteiger partial charge in [-0.2, -0.15) is 0 Å². The fourth-order valence-electron chi connectivity index (χ4n) is 2.29. The Labute approximate surface area is 123 Å². The Morgan fingerprint density at radius 3 is 1.95 bits per heavy atom. The van der Waals surface area contributed by atoms with Crippen LogP contribution in [0.4, 0.5) is 0 Å². The molecule has 1 aromatic heterocycles. The maximum absolute atomic E-state index is 10.1. The zero-order valence-electron chi connectivity index (χ0n) is 11.8. The van der Waals surface area contributed by atoms with E-state index in [2.05, 4.69) is 10.2 Å². The van der Waals surface area contributed by atoms with Crippen LogP contribution in [0.15, 0.2) is 66.7 Å². The van der Waals surface area contributed by atoms with Crippen molar-refractivity contribution in [3.8, 4) is 22.5 Å². The standard InChI is InChI=1S/C18H16N2O/c1-13(21)16-12-17(14-8-4-2-5-9-14)19-20-18(16)15-10-6-3-7-11-15/h2-13,21H,1H3. The Kier molecular flexibility index (Phi) is 3.75. The van der Waals surface area contributed by atoms with E-state index in [0.717, 1.165) is 28.1 Å². The van der Waals surface area contributed by atoms with Crippen molar-refractivity contribution in [3.05, 3.63) is 72.3 Å². The summed E-state index contributed by atoms with van der Waals surface area (Å²) in [4.78, 5) is 0. The molecule has 0 bridgehead atoms. The van der Waals surface area contributed by atoms with Gasteiger partial charge in [-0.1, -0.05) is 60.7 Å². The molecule has 1 atom stereocenters. The molecule has 0 aliphatic carbocycles. The first-order chi connectivity index (χ1) is 10.3. The molecule has 0 radical (unpaired) electrons. The Hall–Kier alpha value is -2.52. The lowest BCUT2D eigenvalue weighted by molar-refractivity contribution is 0.199. The van der Waals surface area contributed by atoms with Crippen LogP contribution in [0.1, 0.15) is 18.6 Å². The van der Waals surface area contributed by atoms with Gasteiger partial charge in [-0.25, -0.2) is 0 Å². The molecule has 3 nitrogen and oxygen atoms in total. The minimum Gasteiger partial charge on any atom is -0.389 e. The normalized spacial score (nSPS) is 12.1. The van der Waals surface area contributed by atoms with Crippen molar-refractivity contribution in [3.63, 3.8) is 0 Å². The average Bonchev–Trinajstić information content (AvgIpc) is 2.56. The molecule has 0 aliphatic heterocycles. The number of aromatic nitrogens is 2. The van der Waals surface area contributed by atoms with Gasteiger partial charge in [0.1, 0.15) is 0 Å². The summed E-state index contributed by atoms with van der Waals surface area (Å²) in [5.41, 5.74) is 4.23. The van der Waals surface area contributed by atoms with Gasteiger partial charge >= 0.3 is 0 Å².